The molecule has 0 N–H and O–H groups in total. The number of hydrogen-bond acceptors (Lipinski definition) is 3. The second-order valence-corrected chi connectivity index (χ2v) is 6.48. The lowest BCUT2D eigenvalue weighted by molar-refractivity contribution is 0.110. The summed E-state index contributed by atoms with van der Waals surface area (Å²) in [6.45, 7) is 5.92. The maximum absolute atomic E-state index is 8.80. The summed E-state index contributed by atoms with van der Waals surface area (Å²) < 4.78 is 5.81. The van der Waals surface area contributed by atoms with Crippen molar-refractivity contribution in [2.75, 3.05) is 26.2 Å². The van der Waals surface area contributed by atoms with Gasteiger partial charge in [-0.25, -0.2) is 0 Å². The number of ether oxygens (including phenoxy) is 1. The van der Waals surface area contributed by atoms with Crippen LogP contribution in [-0.2, 0) is 0 Å². The maximum Gasteiger partial charge on any atom is 0.119 e. The topological polar surface area (TPSA) is 36.3 Å². The van der Waals surface area contributed by atoms with Gasteiger partial charge in [-0.3, -0.25) is 4.90 Å². The molecule has 3 nitrogen and oxygen atoms in total. The van der Waals surface area contributed by atoms with Crippen LogP contribution in [0.1, 0.15) is 25.3 Å². The van der Waals surface area contributed by atoms with Crippen molar-refractivity contribution in [1.82, 2.24) is 4.90 Å². The van der Waals surface area contributed by atoms with E-state index in [-0.39, 0.29) is 0 Å². The van der Waals surface area contributed by atoms with Gasteiger partial charge >= 0.3 is 0 Å². The predicted molar refractivity (Wildman–Crippen MR) is 90.5 cm³/mol. The first-order valence-corrected chi connectivity index (χ1v) is 8.41. The molecule has 2 atom stereocenters. The van der Waals surface area contributed by atoms with E-state index in [4.69, 9.17) is 10.00 Å². The third-order valence-electron chi connectivity index (χ3n) is 5.06. The number of nitrogens with zero attached hydrogens (tertiary/aromatic N) is 2. The maximum atomic E-state index is 8.80. The molecule has 1 saturated heterocycles. The van der Waals surface area contributed by atoms with Gasteiger partial charge in [0, 0.05) is 26.1 Å². The number of piperidine rings is 1. The molecule has 1 aromatic rings. The molecule has 1 saturated carbocycles. The average Bonchev–Trinajstić information content (AvgIpc) is 2.82. The van der Waals surface area contributed by atoms with Gasteiger partial charge in [0.05, 0.1) is 11.6 Å². The molecule has 1 aromatic carbocycles. The van der Waals surface area contributed by atoms with Crippen molar-refractivity contribution < 1.29 is 4.74 Å². The van der Waals surface area contributed by atoms with Crippen LogP contribution in [-0.4, -0.2) is 31.1 Å². The molecule has 2 bridgehead atoms. The summed E-state index contributed by atoms with van der Waals surface area (Å²) in [5.74, 6) is 9.23. The van der Waals surface area contributed by atoms with Crippen LogP contribution in [0.25, 0.3) is 0 Å². The molecule has 1 radical (unpaired) electrons. The molecule has 1 aliphatic heterocycles. The third kappa shape index (κ3) is 3.87. The Morgan fingerprint density at radius 2 is 1.91 bits per heavy atom. The minimum absolute atomic E-state index is 0.669. The van der Waals surface area contributed by atoms with Crippen molar-refractivity contribution in [3.05, 3.63) is 36.2 Å². The zero-order valence-corrected chi connectivity index (χ0v) is 13.7. The van der Waals surface area contributed by atoms with E-state index < -0.39 is 0 Å². The standard InChI is InChI=1S/C20H23N2O/c1-2-3-4-20-17-7-8-18(20)15-22(14-17)11-12-23-19-9-5-16(13-21)6-10-19/h4-6,9-10,17-18,20H,7-8,11-12,14-15H2,1H3. The van der Waals surface area contributed by atoms with Gasteiger partial charge in [0.2, 0.25) is 0 Å². The van der Waals surface area contributed by atoms with Crippen molar-refractivity contribution >= 4 is 0 Å². The zero-order chi connectivity index (χ0) is 16.1. The van der Waals surface area contributed by atoms with E-state index in [1.165, 1.54) is 25.9 Å². The van der Waals surface area contributed by atoms with Crippen LogP contribution in [0.15, 0.2) is 24.3 Å². The third-order valence-corrected chi connectivity index (χ3v) is 5.06. The van der Waals surface area contributed by atoms with Crippen molar-refractivity contribution in [3.63, 3.8) is 0 Å². The summed E-state index contributed by atoms with van der Waals surface area (Å²) in [7, 11) is 0. The molecule has 0 spiro atoms. The van der Waals surface area contributed by atoms with Gasteiger partial charge in [0.15, 0.2) is 0 Å². The van der Waals surface area contributed by atoms with Gasteiger partial charge in [-0.05, 0) is 61.8 Å². The molecule has 119 valence electrons. The second kappa shape index (κ2) is 7.53. The molecular formula is C20H23N2O. The Kier molecular flexibility index (Phi) is 5.21. The van der Waals surface area contributed by atoms with Crippen LogP contribution in [0.5, 0.6) is 5.75 Å². The lowest BCUT2D eigenvalue weighted by atomic mass is 9.83. The lowest BCUT2D eigenvalue weighted by Gasteiger charge is -2.37. The van der Waals surface area contributed by atoms with E-state index in [1.807, 2.05) is 19.1 Å². The van der Waals surface area contributed by atoms with Gasteiger partial charge in [-0.15, -0.1) is 5.92 Å². The highest BCUT2D eigenvalue weighted by Gasteiger charge is 2.41. The van der Waals surface area contributed by atoms with E-state index in [0.29, 0.717) is 18.1 Å². The van der Waals surface area contributed by atoms with Crippen LogP contribution < -0.4 is 4.74 Å². The number of likely N-dealkylation sites (tertiary alicyclic amines) is 1. The number of hydrogen-bond donors (Lipinski definition) is 0. The summed E-state index contributed by atoms with van der Waals surface area (Å²) in [6, 6.07) is 9.45. The molecule has 1 heterocycles. The predicted octanol–water partition coefficient (Wildman–Crippen LogP) is 3.12. The minimum atomic E-state index is 0.669. The Balaban J connectivity index is 1.45. The molecule has 23 heavy (non-hydrogen) atoms. The fraction of sp³-hybridized carbons (Fsp3) is 0.500. The summed E-state index contributed by atoms with van der Waals surface area (Å²) in [4.78, 5) is 2.54. The molecular weight excluding hydrogens is 284 g/mol. The molecule has 3 rings (SSSR count). The average molecular weight is 307 g/mol. The van der Waals surface area contributed by atoms with Crippen LogP contribution in [0, 0.1) is 47.3 Å². The fourth-order valence-corrected chi connectivity index (χ4v) is 3.91. The Morgan fingerprint density at radius 1 is 1.22 bits per heavy atom. The van der Waals surface area contributed by atoms with Gasteiger partial charge < -0.3 is 4.74 Å². The minimum Gasteiger partial charge on any atom is -0.492 e. The Morgan fingerprint density at radius 3 is 2.52 bits per heavy atom. The van der Waals surface area contributed by atoms with E-state index in [1.54, 1.807) is 12.1 Å². The fourth-order valence-electron chi connectivity index (χ4n) is 3.91. The summed E-state index contributed by atoms with van der Waals surface area (Å²) in [5, 5.41) is 8.80. The Hall–Kier alpha value is -1.97. The van der Waals surface area contributed by atoms with Crippen molar-refractivity contribution in [2.24, 2.45) is 17.8 Å². The van der Waals surface area contributed by atoms with Crippen LogP contribution >= 0.6 is 0 Å². The highest BCUT2D eigenvalue weighted by molar-refractivity contribution is 5.34. The number of rotatable bonds is 5. The van der Waals surface area contributed by atoms with Crippen molar-refractivity contribution in [2.45, 2.75) is 19.8 Å². The van der Waals surface area contributed by atoms with Gasteiger partial charge in [0.1, 0.15) is 12.4 Å². The highest BCUT2D eigenvalue weighted by atomic mass is 16.5. The summed E-state index contributed by atoms with van der Waals surface area (Å²) in [6.07, 6.45) is 4.92. The molecule has 2 aliphatic rings. The highest BCUT2D eigenvalue weighted by Crippen LogP contribution is 2.43. The van der Waals surface area contributed by atoms with E-state index in [0.717, 1.165) is 24.1 Å². The van der Waals surface area contributed by atoms with E-state index in [9.17, 15) is 0 Å². The summed E-state index contributed by atoms with van der Waals surface area (Å²) in [5.41, 5.74) is 0.669. The first-order valence-electron chi connectivity index (χ1n) is 8.41. The second-order valence-electron chi connectivity index (χ2n) is 6.48. The van der Waals surface area contributed by atoms with Crippen LogP contribution in [0.3, 0.4) is 0 Å². The Bertz CT molecular complexity index is 606. The number of benzene rings is 1. The molecule has 2 fully saturated rings. The zero-order valence-electron chi connectivity index (χ0n) is 13.7. The van der Waals surface area contributed by atoms with Crippen molar-refractivity contribution in [1.29, 1.82) is 5.26 Å². The largest absolute Gasteiger partial charge is 0.492 e. The number of fused-ring (bicyclic) bond motifs is 2. The summed E-state index contributed by atoms with van der Waals surface area (Å²) >= 11 is 0. The SMILES string of the molecule is CC#C[CH]C1C2CCC1CN(CCOc1ccc(C#N)cc1)C2. The number of nitriles is 1. The smallest absolute Gasteiger partial charge is 0.119 e. The first kappa shape index (κ1) is 15.9. The lowest BCUT2D eigenvalue weighted by Crippen LogP contribution is -2.43. The first-order chi connectivity index (χ1) is 11.3. The monoisotopic (exact) mass is 307 g/mol. The van der Waals surface area contributed by atoms with Crippen LogP contribution in [0.2, 0.25) is 0 Å². The molecule has 3 heteroatoms. The van der Waals surface area contributed by atoms with Gasteiger partial charge in [-0.1, -0.05) is 5.92 Å². The molecule has 0 aromatic heterocycles. The van der Waals surface area contributed by atoms with E-state index in [2.05, 4.69) is 29.2 Å². The van der Waals surface area contributed by atoms with Gasteiger partial charge in [0.25, 0.3) is 0 Å². The Labute approximate surface area is 139 Å². The quantitative estimate of drug-likeness (QED) is 0.784. The van der Waals surface area contributed by atoms with Crippen LogP contribution in [0.4, 0.5) is 0 Å². The molecule has 2 unspecified atom stereocenters. The molecule has 1 aliphatic carbocycles. The normalized spacial score (nSPS) is 26.2. The van der Waals surface area contributed by atoms with E-state index >= 15 is 0 Å². The van der Waals surface area contributed by atoms with Crippen molar-refractivity contribution in [3.8, 4) is 23.7 Å². The van der Waals surface area contributed by atoms with Gasteiger partial charge in [-0.2, -0.15) is 5.26 Å². The molecule has 0 amide bonds.